The number of oxime groups is 1. The van der Waals surface area contributed by atoms with Crippen molar-refractivity contribution in [2.24, 2.45) is 11.1 Å². The second-order valence-corrected chi connectivity index (χ2v) is 4.02. The van der Waals surface area contributed by atoms with Crippen molar-refractivity contribution < 1.29 is 19.8 Å². The van der Waals surface area contributed by atoms with Crippen LogP contribution in [0.3, 0.4) is 0 Å². The zero-order valence-corrected chi connectivity index (χ0v) is 10.7. The minimum atomic E-state index is -1.14. The normalized spacial score (nSPS) is 15.5. The van der Waals surface area contributed by atoms with Crippen LogP contribution in [0.1, 0.15) is 13.8 Å². The largest absolute Gasteiger partial charge is 0.477 e. The van der Waals surface area contributed by atoms with E-state index in [9.17, 15) is 9.90 Å². The molecule has 0 fully saturated rings. The Bertz CT molecular complexity index is 268. The number of hydrogen-bond donors (Lipinski definition) is 3. The van der Waals surface area contributed by atoms with Crippen LogP contribution in [0.2, 0.25) is 0 Å². The van der Waals surface area contributed by atoms with Gasteiger partial charge in [-0.3, -0.25) is 4.79 Å². The van der Waals surface area contributed by atoms with Crippen LogP contribution in [0.5, 0.6) is 0 Å². The monoisotopic (exact) mass is 247 g/mol. The van der Waals surface area contributed by atoms with Crippen molar-refractivity contribution in [2.75, 3.05) is 27.2 Å². The lowest BCUT2D eigenvalue weighted by molar-refractivity contribution is -0.122. The van der Waals surface area contributed by atoms with Crippen LogP contribution in [-0.2, 0) is 9.53 Å². The van der Waals surface area contributed by atoms with Crippen LogP contribution in [0.4, 0.5) is 0 Å². The first-order valence-electron chi connectivity index (χ1n) is 5.33. The summed E-state index contributed by atoms with van der Waals surface area (Å²) in [6.07, 6.45) is -1.14. The Hall–Kier alpha value is -1.34. The van der Waals surface area contributed by atoms with E-state index < -0.39 is 12.1 Å². The molecule has 0 aliphatic carbocycles. The summed E-state index contributed by atoms with van der Waals surface area (Å²) in [5.41, 5.74) is 0. The number of aliphatic hydroxyl groups excluding tert-OH is 1. The Morgan fingerprint density at radius 3 is 2.53 bits per heavy atom. The second kappa shape index (κ2) is 7.86. The van der Waals surface area contributed by atoms with Crippen LogP contribution in [0.15, 0.2) is 5.16 Å². The molecule has 0 aromatic heterocycles. The maximum absolute atomic E-state index is 10.8. The molecule has 0 saturated carbocycles. The molecule has 0 spiro atoms. The first-order chi connectivity index (χ1) is 7.88. The molecule has 17 heavy (non-hydrogen) atoms. The number of hydrogen-bond acceptors (Lipinski definition) is 6. The number of aliphatic hydroxyl groups is 1. The van der Waals surface area contributed by atoms with Crippen molar-refractivity contribution in [3.8, 4) is 0 Å². The van der Waals surface area contributed by atoms with Gasteiger partial charge < -0.3 is 25.3 Å². The van der Waals surface area contributed by atoms with Crippen LogP contribution < -0.4 is 5.32 Å². The molecule has 1 amide bonds. The van der Waals surface area contributed by atoms with Gasteiger partial charge in [0, 0.05) is 13.5 Å². The van der Waals surface area contributed by atoms with E-state index in [0.717, 1.165) is 0 Å². The summed E-state index contributed by atoms with van der Waals surface area (Å²) in [5, 5.41) is 23.6. The van der Waals surface area contributed by atoms with E-state index >= 15 is 0 Å². The Kier molecular flexibility index (Phi) is 7.24. The summed E-state index contributed by atoms with van der Waals surface area (Å²) in [4.78, 5) is 12.7. The molecular weight excluding hydrogens is 226 g/mol. The summed E-state index contributed by atoms with van der Waals surface area (Å²) >= 11 is 0. The maximum atomic E-state index is 10.8. The van der Waals surface area contributed by atoms with Crippen LogP contribution >= 0.6 is 0 Å². The van der Waals surface area contributed by atoms with E-state index in [1.165, 1.54) is 6.92 Å². The van der Waals surface area contributed by atoms with E-state index in [1.54, 1.807) is 6.92 Å². The van der Waals surface area contributed by atoms with Gasteiger partial charge in [0.25, 0.3) is 0 Å². The fourth-order valence-electron chi connectivity index (χ4n) is 1.05. The Labute approximate surface area is 101 Å². The van der Waals surface area contributed by atoms with Crippen molar-refractivity contribution in [2.45, 2.75) is 20.1 Å². The fourth-order valence-corrected chi connectivity index (χ4v) is 1.05. The van der Waals surface area contributed by atoms with E-state index in [4.69, 9.17) is 9.94 Å². The Balaban J connectivity index is 4.21. The molecule has 0 aliphatic rings. The third-order valence-electron chi connectivity index (χ3n) is 2.10. The molecule has 0 saturated heterocycles. The first-order valence-corrected chi connectivity index (χ1v) is 5.33. The number of nitrogens with zero attached hydrogens (tertiary/aromatic N) is 2. The Morgan fingerprint density at radius 1 is 1.53 bits per heavy atom. The molecule has 0 radical (unpaired) electrons. The predicted octanol–water partition coefficient (Wildman–Crippen LogP) is -0.557. The van der Waals surface area contributed by atoms with Gasteiger partial charge in [-0.05, 0) is 21.0 Å². The van der Waals surface area contributed by atoms with Crippen molar-refractivity contribution in [3.63, 3.8) is 0 Å². The highest BCUT2D eigenvalue weighted by Crippen LogP contribution is 2.05. The van der Waals surface area contributed by atoms with Crippen molar-refractivity contribution in [1.29, 1.82) is 0 Å². The van der Waals surface area contributed by atoms with Crippen LogP contribution in [0.25, 0.3) is 0 Å². The lowest BCUT2D eigenvalue weighted by Gasteiger charge is -2.20. The number of likely N-dealkylation sites (N-methyl/N-ethyl adjacent to an activating group) is 1. The zero-order chi connectivity index (χ0) is 13.4. The van der Waals surface area contributed by atoms with Gasteiger partial charge in [-0.25, -0.2) is 0 Å². The molecule has 1 unspecified atom stereocenters. The highest BCUT2D eigenvalue weighted by Gasteiger charge is 2.22. The van der Waals surface area contributed by atoms with E-state index in [-0.39, 0.29) is 11.8 Å². The quantitative estimate of drug-likeness (QED) is 0.192. The minimum absolute atomic E-state index is 0.00639. The number of amides is 1. The average Bonchev–Trinajstić information content (AvgIpc) is 2.22. The van der Waals surface area contributed by atoms with E-state index in [0.29, 0.717) is 13.2 Å². The number of nitrogens with one attached hydrogen (secondary N) is 1. The van der Waals surface area contributed by atoms with Gasteiger partial charge in [-0.1, -0.05) is 5.16 Å². The van der Waals surface area contributed by atoms with Gasteiger partial charge in [-0.15, -0.1) is 0 Å². The number of carbonyl (C=O) groups excluding carboxylic acids is 1. The van der Waals surface area contributed by atoms with Gasteiger partial charge in [0.2, 0.25) is 11.8 Å². The van der Waals surface area contributed by atoms with Gasteiger partial charge >= 0.3 is 0 Å². The van der Waals surface area contributed by atoms with Gasteiger partial charge in [-0.2, -0.15) is 0 Å². The topological polar surface area (TPSA) is 94.4 Å². The summed E-state index contributed by atoms with van der Waals surface area (Å²) < 4.78 is 5.21. The van der Waals surface area contributed by atoms with Crippen LogP contribution in [0, 0.1) is 5.92 Å². The first kappa shape index (κ1) is 15.7. The smallest absolute Gasteiger partial charge is 0.232 e. The fraction of sp³-hybridized carbons (Fsp3) is 0.800. The molecule has 7 heteroatoms. The number of carbonyl (C=O) groups is 1. The molecule has 2 atom stereocenters. The lowest BCUT2D eigenvalue weighted by Crippen LogP contribution is -2.42. The molecule has 3 N–H and O–H groups in total. The van der Waals surface area contributed by atoms with E-state index in [1.807, 2.05) is 19.0 Å². The number of rotatable bonds is 6. The summed E-state index contributed by atoms with van der Waals surface area (Å²) in [6, 6.07) is 0. The third kappa shape index (κ3) is 6.75. The van der Waals surface area contributed by atoms with Crippen molar-refractivity contribution in [1.82, 2.24) is 10.2 Å². The highest BCUT2D eigenvalue weighted by atomic mass is 16.5. The highest BCUT2D eigenvalue weighted by molar-refractivity contribution is 5.79. The summed E-state index contributed by atoms with van der Waals surface area (Å²) in [5.74, 6) is -0.992. The molecule has 0 heterocycles. The predicted molar refractivity (Wildman–Crippen MR) is 62.7 cm³/mol. The average molecular weight is 247 g/mol. The minimum Gasteiger partial charge on any atom is -0.477 e. The second-order valence-electron chi connectivity index (χ2n) is 4.02. The molecule has 0 aromatic rings. The van der Waals surface area contributed by atoms with Gasteiger partial charge in [0.15, 0.2) is 0 Å². The molecule has 0 aromatic carbocycles. The standard InChI is InChI=1S/C10H21N3O4/c1-7(9(15)11-8(2)14)10(12-16)17-6-5-13(3)4/h7,9,15-16H,5-6H2,1-4H3,(H,11,14)/t7-,9?/m1/s1. The maximum Gasteiger partial charge on any atom is 0.232 e. The zero-order valence-electron chi connectivity index (χ0n) is 10.7. The van der Waals surface area contributed by atoms with Crippen molar-refractivity contribution in [3.05, 3.63) is 0 Å². The number of ether oxygens (including phenoxy) is 1. The van der Waals surface area contributed by atoms with E-state index in [2.05, 4.69) is 10.5 Å². The lowest BCUT2D eigenvalue weighted by atomic mass is 10.1. The molecule has 7 nitrogen and oxygen atoms in total. The molecule has 0 aliphatic heterocycles. The third-order valence-corrected chi connectivity index (χ3v) is 2.10. The van der Waals surface area contributed by atoms with Gasteiger partial charge in [0.1, 0.15) is 12.8 Å². The SMILES string of the molecule is CC(=O)NC(O)[C@@H](C)C(=NO)OCCN(C)C. The summed E-state index contributed by atoms with van der Waals surface area (Å²) in [6.45, 7) is 3.87. The molecule has 0 bridgehead atoms. The van der Waals surface area contributed by atoms with Gasteiger partial charge in [0.05, 0.1) is 5.92 Å². The summed E-state index contributed by atoms with van der Waals surface area (Å²) in [7, 11) is 3.77. The van der Waals surface area contributed by atoms with Crippen LogP contribution in [-0.4, -0.2) is 60.5 Å². The molecular formula is C10H21N3O4. The van der Waals surface area contributed by atoms with Crippen molar-refractivity contribution >= 4 is 11.8 Å². The molecule has 100 valence electrons. The molecule has 0 rings (SSSR count). The Morgan fingerprint density at radius 2 is 2.12 bits per heavy atom.